The van der Waals surface area contributed by atoms with Crippen molar-refractivity contribution >= 4 is 5.97 Å². The summed E-state index contributed by atoms with van der Waals surface area (Å²) in [6.45, 7) is 2.07. The number of carbonyl (C=O) groups excluding carboxylic acids is 1. The minimum Gasteiger partial charge on any atom is -0.447 e. The number of unbranched alkanes of at least 4 members (excludes halogenated alkanes) is 2. The molecule has 0 amide bonds. The number of nitrogens with two attached hydrogens (primary N) is 2. The Morgan fingerprint density at radius 1 is 1.42 bits per heavy atom. The molecule has 0 bridgehead atoms. The first-order valence-electron chi connectivity index (χ1n) is 4.29. The molecule has 0 aromatic rings. The zero-order valence-electron chi connectivity index (χ0n) is 7.58. The van der Waals surface area contributed by atoms with E-state index in [-0.39, 0.29) is 5.97 Å². The van der Waals surface area contributed by atoms with Crippen LogP contribution in [0.25, 0.3) is 0 Å². The zero-order valence-corrected chi connectivity index (χ0v) is 7.58. The Bertz CT molecular complexity index is 128. The fourth-order valence-electron chi connectivity index (χ4n) is 0.939. The Kier molecular flexibility index (Phi) is 6.70. The average molecular weight is 174 g/mol. The van der Waals surface area contributed by atoms with E-state index in [9.17, 15) is 4.79 Å². The molecule has 1 unspecified atom stereocenters. The highest BCUT2D eigenvalue weighted by atomic mass is 16.5. The maximum atomic E-state index is 10.4. The second-order valence-electron chi connectivity index (χ2n) is 2.79. The third-order valence-electron chi connectivity index (χ3n) is 1.51. The van der Waals surface area contributed by atoms with Gasteiger partial charge in [0.15, 0.2) is 6.23 Å². The topological polar surface area (TPSA) is 78.3 Å². The van der Waals surface area contributed by atoms with Crippen molar-refractivity contribution in [2.45, 2.75) is 38.8 Å². The second kappa shape index (κ2) is 7.06. The lowest BCUT2D eigenvalue weighted by atomic mass is 10.2. The number of hydrogen-bond donors (Lipinski definition) is 2. The molecule has 4 N–H and O–H groups in total. The number of esters is 1. The number of rotatable bonds is 6. The molecule has 0 aliphatic heterocycles. The number of hydrogen-bond acceptors (Lipinski definition) is 4. The van der Waals surface area contributed by atoms with E-state index >= 15 is 0 Å². The molecule has 0 fully saturated rings. The smallest absolute Gasteiger partial charge is 0.304 e. The molecule has 4 nitrogen and oxygen atoms in total. The van der Waals surface area contributed by atoms with Gasteiger partial charge in [-0.15, -0.1) is 0 Å². The van der Waals surface area contributed by atoms with Gasteiger partial charge in [0.05, 0.1) is 0 Å². The van der Waals surface area contributed by atoms with Crippen LogP contribution >= 0.6 is 0 Å². The molecule has 0 saturated carbocycles. The minimum atomic E-state index is -0.444. The molecule has 4 heteroatoms. The van der Waals surface area contributed by atoms with Gasteiger partial charge in [-0.3, -0.25) is 10.5 Å². The number of carbonyl (C=O) groups is 1. The SMILES string of the molecule is CC(=O)OC(N)CCCCCN. The molecule has 0 radical (unpaired) electrons. The molecule has 0 heterocycles. The van der Waals surface area contributed by atoms with Gasteiger partial charge in [0.1, 0.15) is 0 Å². The van der Waals surface area contributed by atoms with Gasteiger partial charge < -0.3 is 10.5 Å². The van der Waals surface area contributed by atoms with Gasteiger partial charge in [0, 0.05) is 6.92 Å². The van der Waals surface area contributed by atoms with Crippen molar-refractivity contribution in [3.05, 3.63) is 0 Å². The van der Waals surface area contributed by atoms with Crippen molar-refractivity contribution in [1.29, 1.82) is 0 Å². The highest BCUT2D eigenvalue weighted by Crippen LogP contribution is 2.02. The van der Waals surface area contributed by atoms with Gasteiger partial charge in [-0.2, -0.15) is 0 Å². The predicted octanol–water partition coefficient (Wildman–Crippen LogP) is 0.353. The van der Waals surface area contributed by atoms with E-state index in [1.165, 1.54) is 6.92 Å². The summed E-state index contributed by atoms with van der Waals surface area (Å²) in [6.07, 6.45) is 3.30. The first kappa shape index (κ1) is 11.4. The van der Waals surface area contributed by atoms with Crippen LogP contribution in [0.1, 0.15) is 32.6 Å². The summed E-state index contributed by atoms with van der Waals surface area (Å²) in [4.78, 5) is 10.4. The first-order chi connectivity index (χ1) is 5.66. The zero-order chi connectivity index (χ0) is 9.40. The van der Waals surface area contributed by atoms with Crippen molar-refractivity contribution in [2.75, 3.05) is 6.54 Å². The standard InChI is InChI=1S/C8H18N2O2/c1-7(11)12-8(10)5-3-2-4-6-9/h8H,2-6,9-10H2,1H3. The molecule has 72 valence electrons. The first-order valence-corrected chi connectivity index (χ1v) is 4.29. The van der Waals surface area contributed by atoms with Crippen LogP contribution in [-0.2, 0) is 9.53 Å². The molecule has 0 spiro atoms. The van der Waals surface area contributed by atoms with Crippen LogP contribution in [0, 0.1) is 0 Å². The van der Waals surface area contributed by atoms with Crippen molar-refractivity contribution in [3.8, 4) is 0 Å². The maximum absolute atomic E-state index is 10.4. The summed E-state index contributed by atoms with van der Waals surface area (Å²) in [6, 6.07) is 0. The van der Waals surface area contributed by atoms with Gasteiger partial charge in [-0.05, 0) is 25.8 Å². The summed E-state index contributed by atoms with van der Waals surface area (Å²) in [5, 5.41) is 0. The highest BCUT2D eigenvalue weighted by Gasteiger charge is 2.03. The molecule has 0 saturated heterocycles. The van der Waals surface area contributed by atoms with Crippen LogP contribution in [0.5, 0.6) is 0 Å². The molecular formula is C8H18N2O2. The molecule has 0 aliphatic rings. The van der Waals surface area contributed by atoms with E-state index in [1.807, 2.05) is 0 Å². The Balaban J connectivity index is 3.19. The summed E-state index contributed by atoms with van der Waals surface area (Å²) in [5.41, 5.74) is 10.8. The molecule has 0 rings (SSSR count). The molecule has 1 atom stereocenters. The quantitative estimate of drug-likeness (QED) is 0.346. The van der Waals surface area contributed by atoms with E-state index in [1.54, 1.807) is 0 Å². The molecule has 0 aromatic heterocycles. The highest BCUT2D eigenvalue weighted by molar-refractivity contribution is 5.66. The van der Waals surface area contributed by atoms with Gasteiger partial charge in [-0.25, -0.2) is 0 Å². The lowest BCUT2D eigenvalue weighted by Crippen LogP contribution is -2.25. The van der Waals surface area contributed by atoms with Crippen molar-refractivity contribution < 1.29 is 9.53 Å². The van der Waals surface area contributed by atoms with Crippen LogP contribution < -0.4 is 11.5 Å². The molecule has 0 aliphatic carbocycles. The predicted molar refractivity (Wildman–Crippen MR) is 47.3 cm³/mol. The molecule has 12 heavy (non-hydrogen) atoms. The summed E-state index contributed by atoms with van der Waals surface area (Å²) < 4.78 is 4.74. The van der Waals surface area contributed by atoms with Gasteiger partial charge in [-0.1, -0.05) is 6.42 Å². The van der Waals surface area contributed by atoms with E-state index < -0.39 is 6.23 Å². The maximum Gasteiger partial charge on any atom is 0.304 e. The second-order valence-corrected chi connectivity index (χ2v) is 2.79. The third kappa shape index (κ3) is 7.50. The van der Waals surface area contributed by atoms with Gasteiger partial charge in [0.25, 0.3) is 0 Å². The van der Waals surface area contributed by atoms with Crippen LogP contribution in [0.2, 0.25) is 0 Å². The van der Waals surface area contributed by atoms with Crippen LogP contribution in [0.3, 0.4) is 0 Å². The van der Waals surface area contributed by atoms with E-state index in [0.717, 1.165) is 25.7 Å². The van der Waals surface area contributed by atoms with Crippen LogP contribution in [0.15, 0.2) is 0 Å². The number of ether oxygens (including phenoxy) is 1. The monoisotopic (exact) mass is 174 g/mol. The lowest BCUT2D eigenvalue weighted by molar-refractivity contribution is -0.146. The third-order valence-corrected chi connectivity index (χ3v) is 1.51. The lowest BCUT2D eigenvalue weighted by Gasteiger charge is -2.10. The Morgan fingerprint density at radius 2 is 2.08 bits per heavy atom. The van der Waals surface area contributed by atoms with Crippen LogP contribution in [-0.4, -0.2) is 18.7 Å². The molecular weight excluding hydrogens is 156 g/mol. The van der Waals surface area contributed by atoms with Crippen LogP contribution in [0.4, 0.5) is 0 Å². The van der Waals surface area contributed by atoms with Gasteiger partial charge in [0.2, 0.25) is 0 Å². The fraction of sp³-hybridized carbons (Fsp3) is 0.875. The Hall–Kier alpha value is -0.610. The summed E-state index contributed by atoms with van der Waals surface area (Å²) >= 11 is 0. The van der Waals surface area contributed by atoms with Crippen molar-refractivity contribution in [1.82, 2.24) is 0 Å². The largest absolute Gasteiger partial charge is 0.447 e. The Morgan fingerprint density at radius 3 is 2.58 bits per heavy atom. The normalized spacial score (nSPS) is 12.6. The molecule has 0 aromatic carbocycles. The van der Waals surface area contributed by atoms with Gasteiger partial charge >= 0.3 is 5.97 Å². The van der Waals surface area contributed by atoms with E-state index in [0.29, 0.717) is 6.54 Å². The van der Waals surface area contributed by atoms with E-state index in [2.05, 4.69) is 0 Å². The Labute approximate surface area is 73.2 Å². The van der Waals surface area contributed by atoms with Crippen molar-refractivity contribution in [3.63, 3.8) is 0 Å². The minimum absolute atomic E-state index is 0.318. The fourth-order valence-corrected chi connectivity index (χ4v) is 0.939. The average Bonchev–Trinajstić information content (AvgIpc) is 1.97. The summed E-state index contributed by atoms with van der Waals surface area (Å²) in [7, 11) is 0. The van der Waals surface area contributed by atoms with Crippen molar-refractivity contribution in [2.24, 2.45) is 11.5 Å². The summed E-state index contributed by atoms with van der Waals surface area (Å²) in [5.74, 6) is -0.318. The van der Waals surface area contributed by atoms with E-state index in [4.69, 9.17) is 16.2 Å².